The van der Waals surface area contributed by atoms with Gasteiger partial charge < -0.3 is 9.84 Å². The second-order valence-corrected chi connectivity index (χ2v) is 4.66. The molecule has 1 atom stereocenters. The smallest absolute Gasteiger partial charge is 0.310 e. The zero-order valence-electron chi connectivity index (χ0n) is 11.3. The van der Waals surface area contributed by atoms with Gasteiger partial charge in [0.15, 0.2) is 0 Å². The molecule has 104 valence electrons. The number of carboxylic acid groups (broad SMARTS) is 1. The van der Waals surface area contributed by atoms with Gasteiger partial charge in [0.2, 0.25) is 0 Å². The summed E-state index contributed by atoms with van der Waals surface area (Å²) in [5, 5.41) is 8.94. The summed E-state index contributed by atoms with van der Waals surface area (Å²) in [5.41, 5.74) is 2.85. The van der Waals surface area contributed by atoms with Crippen LogP contribution in [0.4, 0.5) is 0 Å². The van der Waals surface area contributed by atoms with Crippen molar-refractivity contribution in [2.24, 2.45) is 0 Å². The number of hydrogen-bond acceptors (Lipinski definition) is 3. The van der Waals surface area contributed by atoms with Crippen LogP contribution < -0.4 is 0 Å². The minimum absolute atomic E-state index is 0.486. The molecule has 0 saturated carbocycles. The lowest BCUT2D eigenvalue weighted by molar-refractivity contribution is -0.138. The van der Waals surface area contributed by atoms with Crippen molar-refractivity contribution in [2.75, 3.05) is 0 Å². The van der Waals surface area contributed by atoms with E-state index in [4.69, 9.17) is 9.84 Å². The van der Waals surface area contributed by atoms with E-state index in [0.29, 0.717) is 13.2 Å². The lowest BCUT2D eigenvalue weighted by Gasteiger charge is -2.08. The molecule has 2 aromatic rings. The summed E-state index contributed by atoms with van der Waals surface area (Å²) in [4.78, 5) is 14.9. The van der Waals surface area contributed by atoms with Crippen molar-refractivity contribution in [1.29, 1.82) is 0 Å². The Kier molecular flexibility index (Phi) is 4.85. The predicted molar refractivity (Wildman–Crippen MR) is 75.2 cm³/mol. The number of pyridine rings is 1. The molecule has 0 radical (unpaired) electrons. The molecule has 0 bridgehead atoms. The Morgan fingerprint density at radius 1 is 1.20 bits per heavy atom. The summed E-state index contributed by atoms with van der Waals surface area (Å²) in [6.07, 6.45) is 3.50. The van der Waals surface area contributed by atoms with Crippen LogP contribution in [0.2, 0.25) is 0 Å². The van der Waals surface area contributed by atoms with E-state index >= 15 is 0 Å². The van der Waals surface area contributed by atoms with Crippen LogP contribution >= 0.6 is 0 Å². The SMILES string of the molecule is CC(C(=O)O)c1ccc(COCc2cccnc2)cc1. The molecule has 1 aromatic carbocycles. The highest BCUT2D eigenvalue weighted by molar-refractivity contribution is 5.75. The maximum absolute atomic E-state index is 10.9. The van der Waals surface area contributed by atoms with E-state index in [1.165, 1.54) is 0 Å². The molecule has 0 fully saturated rings. The van der Waals surface area contributed by atoms with Crippen LogP contribution in [0, 0.1) is 0 Å². The number of nitrogens with zero attached hydrogens (tertiary/aromatic N) is 1. The number of carbonyl (C=O) groups is 1. The highest BCUT2D eigenvalue weighted by atomic mass is 16.5. The number of aromatic nitrogens is 1. The van der Waals surface area contributed by atoms with Gasteiger partial charge in [-0.1, -0.05) is 30.3 Å². The topological polar surface area (TPSA) is 59.4 Å². The van der Waals surface area contributed by atoms with Crippen molar-refractivity contribution in [1.82, 2.24) is 4.98 Å². The third-order valence-corrected chi connectivity index (χ3v) is 3.11. The summed E-state index contributed by atoms with van der Waals surface area (Å²) in [7, 11) is 0. The molecule has 0 aliphatic carbocycles. The van der Waals surface area contributed by atoms with E-state index in [2.05, 4.69) is 4.98 Å². The molecule has 0 amide bonds. The summed E-state index contributed by atoms with van der Waals surface area (Å²) in [5.74, 6) is -1.30. The first kappa shape index (κ1) is 14.2. The molecule has 1 N–H and O–H groups in total. The molecule has 0 saturated heterocycles. The lowest BCUT2D eigenvalue weighted by Crippen LogP contribution is -2.07. The van der Waals surface area contributed by atoms with Crippen LogP contribution in [0.25, 0.3) is 0 Å². The van der Waals surface area contributed by atoms with Crippen LogP contribution in [-0.2, 0) is 22.7 Å². The minimum Gasteiger partial charge on any atom is -0.481 e. The zero-order valence-corrected chi connectivity index (χ0v) is 11.3. The lowest BCUT2D eigenvalue weighted by atomic mass is 10.0. The molecule has 20 heavy (non-hydrogen) atoms. The highest BCUT2D eigenvalue weighted by Crippen LogP contribution is 2.16. The van der Waals surface area contributed by atoms with Crippen LogP contribution in [0.5, 0.6) is 0 Å². The van der Waals surface area contributed by atoms with E-state index < -0.39 is 11.9 Å². The fourth-order valence-electron chi connectivity index (χ4n) is 1.82. The molecule has 0 aliphatic rings. The first-order valence-corrected chi connectivity index (χ1v) is 6.45. The molecule has 0 spiro atoms. The number of carboxylic acids is 1. The second kappa shape index (κ2) is 6.82. The quantitative estimate of drug-likeness (QED) is 0.877. The number of rotatable bonds is 6. The Morgan fingerprint density at radius 3 is 2.50 bits per heavy atom. The van der Waals surface area contributed by atoms with Crippen molar-refractivity contribution >= 4 is 5.97 Å². The maximum Gasteiger partial charge on any atom is 0.310 e. The maximum atomic E-state index is 10.9. The second-order valence-electron chi connectivity index (χ2n) is 4.66. The Hall–Kier alpha value is -2.20. The summed E-state index contributed by atoms with van der Waals surface area (Å²) in [6.45, 7) is 2.69. The normalized spacial score (nSPS) is 12.1. The number of benzene rings is 1. The van der Waals surface area contributed by atoms with Gasteiger partial charge in [0.1, 0.15) is 0 Å². The van der Waals surface area contributed by atoms with E-state index in [-0.39, 0.29) is 0 Å². The van der Waals surface area contributed by atoms with Gasteiger partial charge in [-0.05, 0) is 29.7 Å². The minimum atomic E-state index is -0.814. The molecule has 1 heterocycles. The van der Waals surface area contributed by atoms with Crippen molar-refractivity contribution < 1.29 is 14.6 Å². The molecular formula is C16H17NO3. The van der Waals surface area contributed by atoms with Crippen molar-refractivity contribution in [3.05, 3.63) is 65.5 Å². The number of ether oxygens (including phenoxy) is 1. The molecule has 1 aromatic heterocycles. The molecule has 4 heteroatoms. The molecule has 2 rings (SSSR count). The van der Waals surface area contributed by atoms with Gasteiger partial charge in [0, 0.05) is 12.4 Å². The van der Waals surface area contributed by atoms with Gasteiger partial charge in [-0.3, -0.25) is 9.78 Å². The average Bonchev–Trinajstić information content (AvgIpc) is 2.48. The summed E-state index contributed by atoms with van der Waals surface area (Å²) in [6, 6.07) is 11.3. The first-order valence-electron chi connectivity index (χ1n) is 6.45. The van der Waals surface area contributed by atoms with Crippen molar-refractivity contribution in [2.45, 2.75) is 26.1 Å². The van der Waals surface area contributed by atoms with Crippen LogP contribution in [0.3, 0.4) is 0 Å². The van der Waals surface area contributed by atoms with Crippen LogP contribution in [0.1, 0.15) is 29.5 Å². The van der Waals surface area contributed by atoms with E-state index in [1.54, 1.807) is 19.3 Å². The fraction of sp³-hybridized carbons (Fsp3) is 0.250. The zero-order chi connectivity index (χ0) is 14.4. The highest BCUT2D eigenvalue weighted by Gasteiger charge is 2.12. The third kappa shape index (κ3) is 3.90. The fourth-order valence-corrected chi connectivity index (χ4v) is 1.82. The summed E-state index contributed by atoms with van der Waals surface area (Å²) < 4.78 is 5.60. The van der Waals surface area contributed by atoms with E-state index in [0.717, 1.165) is 16.7 Å². The molecule has 4 nitrogen and oxygen atoms in total. The number of hydrogen-bond donors (Lipinski definition) is 1. The van der Waals surface area contributed by atoms with Gasteiger partial charge in [-0.15, -0.1) is 0 Å². The largest absolute Gasteiger partial charge is 0.481 e. The van der Waals surface area contributed by atoms with Crippen molar-refractivity contribution in [3.63, 3.8) is 0 Å². The van der Waals surface area contributed by atoms with Gasteiger partial charge in [-0.25, -0.2) is 0 Å². The van der Waals surface area contributed by atoms with Crippen LogP contribution in [0.15, 0.2) is 48.8 Å². The Labute approximate surface area is 118 Å². The van der Waals surface area contributed by atoms with Crippen molar-refractivity contribution in [3.8, 4) is 0 Å². The Morgan fingerprint density at radius 2 is 1.90 bits per heavy atom. The van der Waals surface area contributed by atoms with Gasteiger partial charge in [0.05, 0.1) is 19.1 Å². The standard InChI is InChI=1S/C16H17NO3/c1-12(16(18)19)15-6-4-13(5-7-15)10-20-11-14-3-2-8-17-9-14/h2-9,12H,10-11H2,1H3,(H,18,19). The summed E-state index contributed by atoms with van der Waals surface area (Å²) >= 11 is 0. The monoisotopic (exact) mass is 271 g/mol. The molecule has 1 unspecified atom stereocenters. The average molecular weight is 271 g/mol. The van der Waals surface area contributed by atoms with Gasteiger partial charge in [-0.2, -0.15) is 0 Å². The Bertz CT molecular complexity index is 552. The molecule has 0 aliphatic heterocycles. The van der Waals surface area contributed by atoms with E-state index in [9.17, 15) is 4.79 Å². The van der Waals surface area contributed by atoms with Crippen LogP contribution in [-0.4, -0.2) is 16.1 Å². The number of aliphatic carboxylic acids is 1. The molecular weight excluding hydrogens is 254 g/mol. The first-order chi connectivity index (χ1) is 9.66. The van der Waals surface area contributed by atoms with Gasteiger partial charge >= 0.3 is 5.97 Å². The predicted octanol–water partition coefficient (Wildman–Crippen LogP) is 2.99. The van der Waals surface area contributed by atoms with E-state index in [1.807, 2.05) is 36.4 Å². The third-order valence-electron chi connectivity index (χ3n) is 3.11. The Balaban J connectivity index is 1.86. The van der Waals surface area contributed by atoms with Gasteiger partial charge in [0.25, 0.3) is 0 Å².